The molecule has 33 heavy (non-hydrogen) atoms. The van der Waals surface area contributed by atoms with Crippen molar-refractivity contribution in [2.45, 2.75) is 13.5 Å². The minimum atomic E-state index is -0.248. The molecular formula is C24H29N5O4. The second-order valence-electron chi connectivity index (χ2n) is 7.91. The number of amides is 2. The lowest BCUT2D eigenvalue weighted by atomic mass is 10.2. The quantitative estimate of drug-likeness (QED) is 0.620. The fourth-order valence-corrected chi connectivity index (χ4v) is 4.00. The molecule has 2 heterocycles. The zero-order valence-corrected chi connectivity index (χ0v) is 19.2. The summed E-state index contributed by atoms with van der Waals surface area (Å²) in [7, 11) is 3.54. The van der Waals surface area contributed by atoms with Crippen molar-refractivity contribution in [1.29, 1.82) is 0 Å². The summed E-state index contributed by atoms with van der Waals surface area (Å²) in [6, 6.07) is 12.8. The van der Waals surface area contributed by atoms with Gasteiger partial charge in [-0.2, -0.15) is 0 Å². The molecule has 0 unspecified atom stereocenters. The molecule has 1 aliphatic heterocycles. The molecule has 9 heteroatoms. The van der Waals surface area contributed by atoms with Crippen LogP contribution in [0.5, 0.6) is 5.75 Å². The number of nitrogens with zero attached hydrogens (tertiary/aromatic N) is 4. The Kier molecular flexibility index (Phi) is 6.79. The Morgan fingerprint density at radius 3 is 2.58 bits per heavy atom. The third-order valence-corrected chi connectivity index (χ3v) is 5.85. The van der Waals surface area contributed by atoms with Gasteiger partial charge in [0.1, 0.15) is 11.6 Å². The average Bonchev–Trinajstić information content (AvgIpc) is 3.14. The van der Waals surface area contributed by atoms with E-state index >= 15 is 0 Å². The van der Waals surface area contributed by atoms with Gasteiger partial charge in [-0.25, -0.2) is 9.78 Å². The third-order valence-electron chi connectivity index (χ3n) is 5.85. The topological polar surface area (TPSA) is 88.9 Å². The molecule has 0 bridgehead atoms. The van der Waals surface area contributed by atoms with Crippen LogP contribution in [0.3, 0.4) is 0 Å². The van der Waals surface area contributed by atoms with E-state index in [9.17, 15) is 9.59 Å². The molecule has 1 saturated heterocycles. The summed E-state index contributed by atoms with van der Waals surface area (Å²) in [6.07, 6.45) is -0.248. The summed E-state index contributed by atoms with van der Waals surface area (Å²) in [6.45, 7) is 5.70. The van der Waals surface area contributed by atoms with Crippen molar-refractivity contribution in [2.24, 2.45) is 7.05 Å². The highest BCUT2D eigenvalue weighted by Gasteiger charge is 2.23. The van der Waals surface area contributed by atoms with E-state index in [-0.39, 0.29) is 12.0 Å². The van der Waals surface area contributed by atoms with Gasteiger partial charge in [0.05, 0.1) is 36.9 Å². The van der Waals surface area contributed by atoms with Crippen LogP contribution >= 0.6 is 0 Å². The third kappa shape index (κ3) is 4.93. The van der Waals surface area contributed by atoms with Crippen LogP contribution in [0.15, 0.2) is 42.5 Å². The van der Waals surface area contributed by atoms with E-state index in [1.54, 1.807) is 30.2 Å². The fourth-order valence-electron chi connectivity index (χ4n) is 4.00. The first-order valence-corrected chi connectivity index (χ1v) is 11.0. The molecule has 1 aliphatic rings. The number of piperazine rings is 1. The molecule has 4 rings (SSSR count). The van der Waals surface area contributed by atoms with Crippen LogP contribution in [0.2, 0.25) is 0 Å². The van der Waals surface area contributed by atoms with Crippen molar-refractivity contribution in [1.82, 2.24) is 19.4 Å². The number of aryl methyl sites for hydroxylation is 1. The number of hydrogen-bond donors (Lipinski definition) is 1. The normalized spacial score (nSPS) is 14.3. The lowest BCUT2D eigenvalue weighted by Gasteiger charge is -2.33. The molecule has 0 atom stereocenters. The molecule has 174 valence electrons. The second kappa shape index (κ2) is 9.91. The Morgan fingerprint density at radius 2 is 1.85 bits per heavy atom. The molecular weight excluding hydrogens is 422 g/mol. The Morgan fingerprint density at radius 1 is 1.09 bits per heavy atom. The van der Waals surface area contributed by atoms with Gasteiger partial charge >= 0.3 is 6.09 Å². The van der Waals surface area contributed by atoms with E-state index in [2.05, 4.69) is 14.8 Å². The van der Waals surface area contributed by atoms with Crippen LogP contribution in [0.1, 0.15) is 23.1 Å². The molecule has 2 aromatic carbocycles. The van der Waals surface area contributed by atoms with Crippen molar-refractivity contribution in [3.63, 3.8) is 0 Å². The van der Waals surface area contributed by atoms with Gasteiger partial charge in [-0.3, -0.25) is 9.69 Å². The molecule has 0 saturated carbocycles. The number of hydrogen-bond acceptors (Lipinski definition) is 6. The van der Waals surface area contributed by atoms with E-state index in [1.165, 1.54) is 0 Å². The summed E-state index contributed by atoms with van der Waals surface area (Å²) in [5, 5.41) is 2.93. The van der Waals surface area contributed by atoms with Gasteiger partial charge in [0.15, 0.2) is 0 Å². The molecule has 9 nitrogen and oxygen atoms in total. The van der Waals surface area contributed by atoms with Gasteiger partial charge in [0, 0.05) is 38.9 Å². The number of fused-ring (bicyclic) bond motifs is 1. The van der Waals surface area contributed by atoms with Crippen LogP contribution in [-0.2, 0) is 18.3 Å². The number of para-hydroxylation sites is 1. The first kappa shape index (κ1) is 22.6. The summed E-state index contributed by atoms with van der Waals surface area (Å²) < 4.78 is 12.4. The maximum Gasteiger partial charge on any atom is 0.409 e. The number of carbonyl (C=O) groups is 2. The first-order valence-electron chi connectivity index (χ1n) is 11.0. The molecule has 3 aromatic rings. The SMILES string of the molecule is CCOC(=O)N1CCN(Cc2nc3cc(NC(=O)c4ccccc4OC)ccc3n2C)CC1. The maximum absolute atomic E-state index is 12.7. The van der Waals surface area contributed by atoms with Gasteiger partial charge in [0.25, 0.3) is 5.91 Å². The van der Waals surface area contributed by atoms with E-state index in [4.69, 9.17) is 14.5 Å². The highest BCUT2D eigenvalue weighted by Crippen LogP contribution is 2.23. The monoisotopic (exact) mass is 451 g/mol. The molecule has 1 aromatic heterocycles. The van der Waals surface area contributed by atoms with Crippen LogP contribution in [0.25, 0.3) is 11.0 Å². The summed E-state index contributed by atoms with van der Waals surface area (Å²) >= 11 is 0. The number of rotatable bonds is 6. The Bertz CT molecular complexity index is 1150. The first-order chi connectivity index (χ1) is 16.0. The zero-order chi connectivity index (χ0) is 23.4. The number of nitrogens with one attached hydrogen (secondary N) is 1. The predicted octanol–water partition coefficient (Wildman–Crippen LogP) is 3.11. The number of aromatic nitrogens is 2. The van der Waals surface area contributed by atoms with Gasteiger partial charge in [-0.05, 0) is 37.3 Å². The van der Waals surface area contributed by atoms with E-state index in [1.807, 2.05) is 38.2 Å². The minimum Gasteiger partial charge on any atom is -0.496 e. The highest BCUT2D eigenvalue weighted by molar-refractivity contribution is 6.06. The summed E-state index contributed by atoms with van der Waals surface area (Å²) in [5.74, 6) is 1.23. The zero-order valence-electron chi connectivity index (χ0n) is 19.2. The second-order valence-corrected chi connectivity index (χ2v) is 7.91. The van der Waals surface area contributed by atoms with Crippen molar-refractivity contribution in [3.05, 3.63) is 53.9 Å². The molecule has 0 spiro atoms. The predicted molar refractivity (Wildman–Crippen MR) is 126 cm³/mol. The lowest BCUT2D eigenvalue weighted by Crippen LogP contribution is -2.48. The minimum absolute atomic E-state index is 0.234. The van der Waals surface area contributed by atoms with Gasteiger partial charge < -0.3 is 24.3 Å². The summed E-state index contributed by atoms with van der Waals surface area (Å²) in [5.41, 5.74) is 2.95. The fraction of sp³-hybridized carbons (Fsp3) is 0.375. The van der Waals surface area contributed by atoms with Crippen molar-refractivity contribution < 1.29 is 19.1 Å². The van der Waals surface area contributed by atoms with Gasteiger partial charge in [0.2, 0.25) is 0 Å². The van der Waals surface area contributed by atoms with E-state index < -0.39 is 0 Å². The number of carbonyl (C=O) groups excluding carboxylic acids is 2. The van der Waals surface area contributed by atoms with Crippen LogP contribution in [0.4, 0.5) is 10.5 Å². The van der Waals surface area contributed by atoms with Crippen LogP contribution in [0, 0.1) is 0 Å². The highest BCUT2D eigenvalue weighted by atomic mass is 16.6. The maximum atomic E-state index is 12.7. The van der Waals surface area contributed by atoms with E-state index in [0.717, 1.165) is 29.9 Å². The van der Waals surface area contributed by atoms with E-state index in [0.29, 0.717) is 43.2 Å². The van der Waals surface area contributed by atoms with Gasteiger partial charge in [-0.15, -0.1) is 0 Å². The van der Waals surface area contributed by atoms with Crippen LogP contribution < -0.4 is 10.1 Å². The number of anilines is 1. The largest absolute Gasteiger partial charge is 0.496 e. The smallest absolute Gasteiger partial charge is 0.409 e. The lowest BCUT2D eigenvalue weighted by molar-refractivity contribution is 0.0770. The standard InChI is InChI=1S/C24H29N5O4/c1-4-33-24(31)29-13-11-28(12-14-29)16-22-26-19-15-17(9-10-20(19)27(22)2)25-23(30)18-7-5-6-8-21(18)32-3/h5-10,15H,4,11-14,16H2,1-3H3,(H,25,30). The Labute approximate surface area is 192 Å². The molecule has 1 fully saturated rings. The molecule has 1 N–H and O–H groups in total. The van der Waals surface area contributed by atoms with Crippen molar-refractivity contribution in [2.75, 3.05) is 45.2 Å². The number of methoxy groups -OCH3 is 1. The van der Waals surface area contributed by atoms with Crippen LogP contribution in [-0.4, -0.2) is 71.2 Å². The van der Waals surface area contributed by atoms with Gasteiger partial charge in [-0.1, -0.05) is 12.1 Å². The number of ether oxygens (including phenoxy) is 2. The molecule has 0 radical (unpaired) electrons. The Balaban J connectivity index is 1.44. The number of imidazole rings is 1. The van der Waals surface area contributed by atoms with Crippen molar-refractivity contribution >= 4 is 28.7 Å². The van der Waals surface area contributed by atoms with Crippen molar-refractivity contribution in [3.8, 4) is 5.75 Å². The molecule has 0 aliphatic carbocycles. The Hall–Kier alpha value is -3.59. The average molecular weight is 452 g/mol. The summed E-state index contributed by atoms with van der Waals surface area (Å²) in [4.78, 5) is 33.4. The number of benzene rings is 2. The molecule has 2 amide bonds.